The Hall–Kier alpha value is -2.86. The van der Waals surface area contributed by atoms with E-state index in [9.17, 15) is 4.79 Å². The van der Waals surface area contributed by atoms with Crippen LogP contribution in [-0.4, -0.2) is 27.6 Å². The van der Waals surface area contributed by atoms with Gasteiger partial charge in [0.1, 0.15) is 17.9 Å². The van der Waals surface area contributed by atoms with Crippen molar-refractivity contribution in [1.29, 1.82) is 0 Å². The number of aromatic nitrogens is 3. The Morgan fingerprint density at radius 3 is 2.88 bits per heavy atom. The van der Waals surface area contributed by atoms with Gasteiger partial charge in [0, 0.05) is 30.2 Å². The molecule has 2 aromatic heterocycles. The number of methoxy groups -OCH3 is 1. The summed E-state index contributed by atoms with van der Waals surface area (Å²) in [6.07, 6.45) is 6.89. The van der Waals surface area contributed by atoms with E-state index in [2.05, 4.69) is 15.3 Å². The fourth-order valence-electron chi connectivity index (χ4n) is 2.20. The van der Waals surface area contributed by atoms with Crippen molar-refractivity contribution in [3.05, 3.63) is 71.4 Å². The summed E-state index contributed by atoms with van der Waals surface area (Å²) in [6, 6.07) is 8.69. The Morgan fingerprint density at radius 2 is 2.21 bits per heavy atom. The largest absolute Gasteiger partial charge is 0.496 e. The van der Waals surface area contributed by atoms with Gasteiger partial charge in [-0.15, -0.1) is 0 Å². The lowest BCUT2D eigenvalue weighted by atomic mass is 10.2. The molecule has 0 bridgehead atoms. The quantitative estimate of drug-likeness (QED) is 0.774. The van der Waals surface area contributed by atoms with Gasteiger partial charge in [-0.05, 0) is 29.8 Å². The van der Waals surface area contributed by atoms with E-state index in [4.69, 9.17) is 16.3 Å². The van der Waals surface area contributed by atoms with Crippen LogP contribution in [-0.2, 0) is 6.54 Å². The minimum Gasteiger partial charge on any atom is -0.496 e. The number of imidazole rings is 1. The first-order chi connectivity index (χ1) is 11.7. The van der Waals surface area contributed by atoms with E-state index in [0.29, 0.717) is 22.9 Å². The Bertz CT molecular complexity index is 832. The predicted octanol–water partition coefficient (Wildman–Crippen LogP) is 2.86. The molecule has 3 rings (SSSR count). The van der Waals surface area contributed by atoms with E-state index in [-0.39, 0.29) is 5.91 Å². The second kappa shape index (κ2) is 7.14. The van der Waals surface area contributed by atoms with Crippen LogP contribution in [0.4, 0.5) is 0 Å². The number of nitrogens with one attached hydrogen (secondary N) is 1. The molecule has 0 spiro atoms. The van der Waals surface area contributed by atoms with Gasteiger partial charge in [0.05, 0.1) is 12.7 Å². The molecule has 0 saturated carbocycles. The number of rotatable bonds is 5. The highest BCUT2D eigenvalue weighted by Crippen LogP contribution is 2.22. The molecular formula is C17H15ClN4O2. The van der Waals surface area contributed by atoms with Gasteiger partial charge in [0.15, 0.2) is 0 Å². The molecule has 122 valence electrons. The average molecular weight is 343 g/mol. The maximum absolute atomic E-state index is 12.3. The molecule has 7 heteroatoms. The number of benzene rings is 1. The van der Waals surface area contributed by atoms with Crippen molar-refractivity contribution >= 4 is 17.5 Å². The van der Waals surface area contributed by atoms with Crippen molar-refractivity contribution in [2.24, 2.45) is 0 Å². The second-order valence-corrected chi connectivity index (χ2v) is 5.46. The van der Waals surface area contributed by atoms with Crippen molar-refractivity contribution < 1.29 is 9.53 Å². The minimum atomic E-state index is -0.256. The summed E-state index contributed by atoms with van der Waals surface area (Å²) < 4.78 is 6.99. The van der Waals surface area contributed by atoms with E-state index in [1.54, 1.807) is 41.5 Å². The van der Waals surface area contributed by atoms with Crippen LogP contribution in [0.1, 0.15) is 15.9 Å². The van der Waals surface area contributed by atoms with Crippen LogP contribution in [0.3, 0.4) is 0 Å². The summed E-state index contributed by atoms with van der Waals surface area (Å²) in [5.41, 5.74) is 1.28. The number of nitrogens with zero attached hydrogens (tertiary/aromatic N) is 3. The highest BCUT2D eigenvalue weighted by Gasteiger charge is 2.12. The smallest absolute Gasteiger partial charge is 0.255 e. The number of hydrogen-bond acceptors (Lipinski definition) is 4. The Kier molecular flexibility index (Phi) is 4.77. The molecule has 6 nitrogen and oxygen atoms in total. The van der Waals surface area contributed by atoms with Crippen molar-refractivity contribution in [2.75, 3.05) is 7.11 Å². The molecule has 0 atom stereocenters. The molecule has 3 aromatic rings. The van der Waals surface area contributed by atoms with Gasteiger partial charge < -0.3 is 10.1 Å². The van der Waals surface area contributed by atoms with Gasteiger partial charge in [-0.25, -0.2) is 9.97 Å². The molecule has 0 aliphatic heterocycles. The zero-order valence-corrected chi connectivity index (χ0v) is 13.7. The van der Waals surface area contributed by atoms with Gasteiger partial charge in [-0.1, -0.05) is 17.7 Å². The molecule has 0 aliphatic rings. The third-order valence-electron chi connectivity index (χ3n) is 3.44. The summed E-state index contributed by atoms with van der Waals surface area (Å²) >= 11 is 5.95. The molecule has 0 unspecified atom stereocenters. The lowest BCUT2D eigenvalue weighted by Crippen LogP contribution is -2.23. The molecule has 1 amide bonds. The number of carbonyl (C=O) groups excluding carboxylic acids is 1. The number of pyridine rings is 1. The van der Waals surface area contributed by atoms with Crippen LogP contribution in [0.2, 0.25) is 5.02 Å². The lowest BCUT2D eigenvalue weighted by molar-refractivity contribution is 0.0948. The number of hydrogen-bond donors (Lipinski definition) is 1. The summed E-state index contributed by atoms with van der Waals surface area (Å²) in [7, 11) is 1.51. The standard InChI is InChI=1S/C17H15ClN4O2/c1-24-15-4-3-13(18)8-14(15)17(23)21-10-12-2-5-16(20-9-12)22-7-6-19-11-22/h2-9,11H,10H2,1H3,(H,21,23). The van der Waals surface area contributed by atoms with Gasteiger partial charge in [0.2, 0.25) is 0 Å². The van der Waals surface area contributed by atoms with Gasteiger partial charge in [0.25, 0.3) is 5.91 Å². The molecule has 0 aliphatic carbocycles. The Balaban J connectivity index is 1.67. The van der Waals surface area contributed by atoms with Crippen LogP contribution in [0.25, 0.3) is 5.82 Å². The summed E-state index contributed by atoms with van der Waals surface area (Å²) in [6.45, 7) is 0.353. The van der Waals surface area contributed by atoms with Crippen LogP contribution in [0, 0.1) is 0 Å². The number of carbonyl (C=O) groups is 1. The first-order valence-corrected chi connectivity index (χ1v) is 7.60. The van der Waals surface area contributed by atoms with Crippen LogP contribution < -0.4 is 10.1 Å². The van der Waals surface area contributed by atoms with E-state index >= 15 is 0 Å². The molecule has 0 saturated heterocycles. The van der Waals surface area contributed by atoms with E-state index in [1.165, 1.54) is 7.11 Å². The zero-order valence-electron chi connectivity index (χ0n) is 12.9. The Labute approximate surface area is 144 Å². The fourth-order valence-corrected chi connectivity index (χ4v) is 2.38. The van der Waals surface area contributed by atoms with Gasteiger partial charge in [-0.2, -0.15) is 0 Å². The van der Waals surface area contributed by atoms with Crippen LogP contribution >= 0.6 is 11.6 Å². The van der Waals surface area contributed by atoms with E-state index in [0.717, 1.165) is 11.4 Å². The van der Waals surface area contributed by atoms with Crippen LogP contribution in [0.15, 0.2) is 55.2 Å². The van der Waals surface area contributed by atoms with E-state index < -0.39 is 0 Å². The zero-order chi connectivity index (χ0) is 16.9. The third kappa shape index (κ3) is 3.55. The van der Waals surface area contributed by atoms with Crippen molar-refractivity contribution in [1.82, 2.24) is 19.9 Å². The fraction of sp³-hybridized carbons (Fsp3) is 0.118. The maximum Gasteiger partial charge on any atom is 0.255 e. The third-order valence-corrected chi connectivity index (χ3v) is 3.67. The number of amides is 1. The molecule has 0 fully saturated rings. The van der Waals surface area contributed by atoms with E-state index in [1.807, 2.05) is 18.3 Å². The number of ether oxygens (including phenoxy) is 1. The summed E-state index contributed by atoms with van der Waals surface area (Å²) in [5, 5.41) is 3.31. The molecule has 0 radical (unpaired) electrons. The number of halogens is 1. The maximum atomic E-state index is 12.3. The lowest BCUT2D eigenvalue weighted by Gasteiger charge is -2.10. The minimum absolute atomic E-state index is 0.256. The monoisotopic (exact) mass is 342 g/mol. The second-order valence-electron chi connectivity index (χ2n) is 5.02. The highest BCUT2D eigenvalue weighted by molar-refractivity contribution is 6.31. The average Bonchev–Trinajstić information content (AvgIpc) is 3.14. The molecular weight excluding hydrogens is 328 g/mol. The molecule has 24 heavy (non-hydrogen) atoms. The van der Waals surface area contributed by atoms with Gasteiger partial charge >= 0.3 is 0 Å². The summed E-state index contributed by atoms with van der Waals surface area (Å²) in [4.78, 5) is 20.6. The first-order valence-electron chi connectivity index (χ1n) is 7.22. The predicted molar refractivity (Wildman–Crippen MR) is 90.5 cm³/mol. The topological polar surface area (TPSA) is 69.0 Å². The highest BCUT2D eigenvalue weighted by atomic mass is 35.5. The molecule has 1 aromatic carbocycles. The summed E-state index contributed by atoms with van der Waals surface area (Å²) in [5.74, 6) is 0.984. The van der Waals surface area contributed by atoms with Crippen molar-refractivity contribution in [3.8, 4) is 11.6 Å². The van der Waals surface area contributed by atoms with Crippen molar-refractivity contribution in [3.63, 3.8) is 0 Å². The van der Waals surface area contributed by atoms with Gasteiger partial charge in [-0.3, -0.25) is 9.36 Å². The van der Waals surface area contributed by atoms with Crippen LogP contribution in [0.5, 0.6) is 5.75 Å². The SMILES string of the molecule is COc1ccc(Cl)cc1C(=O)NCc1ccc(-n2ccnc2)nc1. The first kappa shape index (κ1) is 16.0. The van der Waals surface area contributed by atoms with Crippen molar-refractivity contribution in [2.45, 2.75) is 6.54 Å². The molecule has 2 heterocycles. The molecule has 1 N–H and O–H groups in total. The Morgan fingerprint density at radius 1 is 1.33 bits per heavy atom. The normalized spacial score (nSPS) is 10.4.